The third-order valence-corrected chi connectivity index (χ3v) is 5.00. The molecule has 1 aromatic heterocycles. The number of nitrogens with two attached hydrogens (primary N) is 1. The summed E-state index contributed by atoms with van der Waals surface area (Å²) in [6.45, 7) is 2.80. The van der Waals surface area contributed by atoms with Gasteiger partial charge in [0.25, 0.3) is 0 Å². The number of hydrogen-bond donors (Lipinski definition) is 2. The molecule has 0 radical (unpaired) electrons. The Labute approximate surface area is 178 Å². The first-order valence-electron chi connectivity index (χ1n) is 10.2. The van der Waals surface area contributed by atoms with Gasteiger partial charge in [0.1, 0.15) is 11.8 Å². The zero-order valence-corrected chi connectivity index (χ0v) is 17.3. The minimum atomic E-state index is -4.59. The highest BCUT2D eigenvalue weighted by Gasteiger charge is 2.36. The summed E-state index contributed by atoms with van der Waals surface area (Å²) >= 11 is 0. The zero-order chi connectivity index (χ0) is 22.4. The number of aromatic nitrogens is 2. The monoisotopic (exact) mass is 437 g/mol. The average Bonchev–Trinajstić information content (AvgIpc) is 3.39. The number of likely N-dealkylation sites (tertiary alicyclic amines) is 1. The lowest BCUT2D eigenvalue weighted by molar-refractivity contribution is -0.138. The Morgan fingerprint density at radius 3 is 2.84 bits per heavy atom. The van der Waals surface area contributed by atoms with E-state index in [-0.39, 0.29) is 41.6 Å². The van der Waals surface area contributed by atoms with E-state index in [1.54, 1.807) is 4.90 Å². The van der Waals surface area contributed by atoms with Crippen LogP contribution in [0.5, 0.6) is 5.75 Å². The summed E-state index contributed by atoms with van der Waals surface area (Å²) < 4.78 is 51.5. The van der Waals surface area contributed by atoms with E-state index >= 15 is 0 Å². The van der Waals surface area contributed by atoms with Crippen LogP contribution < -0.4 is 10.5 Å². The van der Waals surface area contributed by atoms with Crippen molar-refractivity contribution in [1.29, 1.82) is 5.41 Å². The lowest BCUT2D eigenvalue weighted by Gasteiger charge is -2.21. The van der Waals surface area contributed by atoms with Gasteiger partial charge in [-0.3, -0.25) is 5.41 Å². The van der Waals surface area contributed by atoms with E-state index in [2.05, 4.69) is 17.1 Å². The first-order chi connectivity index (χ1) is 14.8. The highest BCUT2D eigenvalue weighted by Crippen LogP contribution is 2.39. The molecule has 10 heteroatoms. The van der Waals surface area contributed by atoms with Gasteiger partial charge in [0.05, 0.1) is 12.2 Å². The molecule has 0 amide bonds. The maximum atomic E-state index is 13.6. The molecule has 2 heterocycles. The zero-order valence-electron chi connectivity index (χ0n) is 17.3. The fourth-order valence-electron chi connectivity index (χ4n) is 3.46. The molecule has 7 nitrogen and oxygen atoms in total. The predicted octanol–water partition coefficient (Wildman–Crippen LogP) is 4.91. The average molecular weight is 437 g/mol. The molecule has 0 aliphatic carbocycles. The predicted molar refractivity (Wildman–Crippen MR) is 109 cm³/mol. The number of nitrogens with one attached hydrogen (secondary N) is 1. The van der Waals surface area contributed by atoms with Crippen LogP contribution in [0, 0.1) is 5.41 Å². The number of rotatable bonds is 8. The van der Waals surface area contributed by atoms with E-state index in [1.165, 1.54) is 12.1 Å². The topological polar surface area (TPSA) is 101 Å². The van der Waals surface area contributed by atoms with Crippen molar-refractivity contribution in [3.8, 4) is 17.1 Å². The molecule has 1 aliphatic rings. The molecule has 0 bridgehead atoms. The molecule has 1 fully saturated rings. The number of hydrogen-bond acceptors (Lipinski definition) is 5. The molecule has 31 heavy (non-hydrogen) atoms. The summed E-state index contributed by atoms with van der Waals surface area (Å²) in [5.41, 5.74) is 4.86. The summed E-state index contributed by atoms with van der Waals surface area (Å²) in [5.74, 6) is -0.0598. The Hall–Kier alpha value is -3.04. The smallest absolute Gasteiger partial charge is 0.419 e. The van der Waals surface area contributed by atoms with E-state index < -0.39 is 11.7 Å². The fourth-order valence-corrected chi connectivity index (χ4v) is 3.46. The van der Waals surface area contributed by atoms with Gasteiger partial charge in [-0.05, 0) is 43.9 Å². The van der Waals surface area contributed by atoms with Crippen LogP contribution >= 0.6 is 0 Å². The molecule has 0 unspecified atom stereocenters. The molecule has 0 saturated carbocycles. The van der Waals surface area contributed by atoms with Crippen molar-refractivity contribution in [1.82, 2.24) is 15.0 Å². The number of alkyl halides is 3. The van der Waals surface area contributed by atoms with Crippen molar-refractivity contribution in [2.24, 2.45) is 5.73 Å². The van der Waals surface area contributed by atoms with Crippen LogP contribution in [0.2, 0.25) is 0 Å². The van der Waals surface area contributed by atoms with Gasteiger partial charge in [-0.1, -0.05) is 30.7 Å². The number of guanidine groups is 1. The van der Waals surface area contributed by atoms with Crippen LogP contribution in [0.1, 0.15) is 56.5 Å². The van der Waals surface area contributed by atoms with E-state index in [1.807, 2.05) is 12.2 Å². The number of unbranched alkanes of at least 4 members (excludes halogenated alkanes) is 1. The second kappa shape index (κ2) is 9.84. The number of halogens is 3. The Morgan fingerprint density at radius 1 is 1.35 bits per heavy atom. The maximum absolute atomic E-state index is 13.6. The standard InChI is InChI=1S/C21H26F3N5O2/c1-2-3-4-5-6-12-30-17-10-9-14(13-15(17)21(22,23)24)18-27-19(31-28-18)16-8-7-11-29(16)20(25)26/h4-5,9-10,13,16H,2-3,6-8,11-12H2,1H3,(H3,25,26)/b5-4-/t16-/m0/s1. The lowest BCUT2D eigenvalue weighted by Crippen LogP contribution is -2.35. The highest BCUT2D eigenvalue weighted by molar-refractivity contribution is 5.75. The molecule has 1 saturated heterocycles. The minimum absolute atomic E-state index is 0.0463. The normalized spacial score (nSPS) is 16.9. The van der Waals surface area contributed by atoms with E-state index in [4.69, 9.17) is 20.4 Å². The molecular weight excluding hydrogens is 411 g/mol. The van der Waals surface area contributed by atoms with E-state index in [9.17, 15) is 13.2 Å². The van der Waals surface area contributed by atoms with Crippen molar-refractivity contribution in [2.75, 3.05) is 13.2 Å². The van der Waals surface area contributed by atoms with E-state index in [0.29, 0.717) is 19.4 Å². The summed E-state index contributed by atoms with van der Waals surface area (Å²) in [6.07, 6.45) is 3.26. The van der Waals surface area contributed by atoms with Crippen LogP contribution in [-0.2, 0) is 6.18 Å². The molecule has 2 aromatic rings. The first-order valence-corrected chi connectivity index (χ1v) is 10.2. The summed E-state index contributed by atoms with van der Waals surface area (Å²) in [5, 5.41) is 11.5. The molecule has 0 spiro atoms. The van der Waals surface area contributed by atoms with Crippen LogP contribution in [0.4, 0.5) is 13.2 Å². The third-order valence-electron chi connectivity index (χ3n) is 5.00. The van der Waals surface area contributed by atoms with Gasteiger partial charge < -0.3 is 19.9 Å². The van der Waals surface area contributed by atoms with Crippen LogP contribution in [0.15, 0.2) is 34.9 Å². The van der Waals surface area contributed by atoms with Crippen molar-refractivity contribution >= 4 is 5.96 Å². The Kier molecular flexibility index (Phi) is 7.19. The highest BCUT2D eigenvalue weighted by atomic mass is 19.4. The lowest BCUT2D eigenvalue weighted by atomic mass is 10.1. The molecular formula is C21H26F3N5O2. The van der Waals surface area contributed by atoms with Crippen molar-refractivity contribution < 1.29 is 22.4 Å². The van der Waals surface area contributed by atoms with Gasteiger partial charge in [0.15, 0.2) is 5.96 Å². The number of allylic oxidation sites excluding steroid dienone is 1. The number of benzene rings is 1. The third kappa shape index (κ3) is 5.56. The van der Waals surface area contributed by atoms with E-state index in [0.717, 1.165) is 25.3 Å². The van der Waals surface area contributed by atoms with Crippen LogP contribution in [0.25, 0.3) is 11.4 Å². The minimum Gasteiger partial charge on any atom is -0.493 e. The van der Waals surface area contributed by atoms with Gasteiger partial charge in [0, 0.05) is 12.1 Å². The van der Waals surface area contributed by atoms with Crippen LogP contribution in [-0.4, -0.2) is 34.2 Å². The van der Waals surface area contributed by atoms with Crippen molar-refractivity contribution in [3.05, 3.63) is 41.8 Å². The van der Waals surface area contributed by atoms with Crippen LogP contribution in [0.3, 0.4) is 0 Å². The van der Waals surface area contributed by atoms with Gasteiger partial charge in [-0.25, -0.2) is 0 Å². The molecule has 168 valence electrons. The van der Waals surface area contributed by atoms with Gasteiger partial charge >= 0.3 is 6.18 Å². The second-order valence-corrected chi connectivity index (χ2v) is 7.30. The van der Waals surface area contributed by atoms with Gasteiger partial charge in [-0.2, -0.15) is 18.2 Å². The largest absolute Gasteiger partial charge is 0.493 e. The maximum Gasteiger partial charge on any atom is 0.419 e. The van der Waals surface area contributed by atoms with Crippen molar-refractivity contribution in [3.63, 3.8) is 0 Å². The number of ether oxygens (including phenoxy) is 1. The molecule has 3 rings (SSSR count). The first kappa shape index (κ1) is 22.6. The quantitative estimate of drug-likeness (QED) is 0.263. The van der Waals surface area contributed by atoms with Crippen molar-refractivity contribution in [2.45, 2.75) is 51.2 Å². The Morgan fingerprint density at radius 2 is 2.13 bits per heavy atom. The van der Waals surface area contributed by atoms with Gasteiger partial charge in [0.2, 0.25) is 11.7 Å². The SMILES string of the molecule is CCC/C=C\CCOc1ccc(-c2noc([C@@H]3CCCN3C(=N)N)n2)cc1C(F)(F)F. The second-order valence-electron chi connectivity index (χ2n) is 7.30. The molecule has 1 aromatic carbocycles. The summed E-state index contributed by atoms with van der Waals surface area (Å²) in [6, 6.07) is 3.38. The molecule has 1 aliphatic heterocycles. The Balaban J connectivity index is 1.78. The molecule has 3 N–H and O–H groups in total. The summed E-state index contributed by atoms with van der Waals surface area (Å²) in [4.78, 5) is 5.89. The fraction of sp³-hybridized carbons (Fsp3) is 0.476. The number of nitrogens with zero attached hydrogens (tertiary/aromatic N) is 3. The van der Waals surface area contributed by atoms with Gasteiger partial charge in [-0.15, -0.1) is 0 Å². The Bertz CT molecular complexity index is 926. The molecule has 1 atom stereocenters. The summed E-state index contributed by atoms with van der Waals surface area (Å²) in [7, 11) is 0.